The quantitative estimate of drug-likeness (QED) is 0.550. The Balaban J connectivity index is 0.00000151. The Morgan fingerprint density at radius 2 is 1.92 bits per heavy atom. The van der Waals surface area contributed by atoms with Gasteiger partial charge in [0.25, 0.3) is 0 Å². The highest BCUT2D eigenvalue weighted by Gasteiger charge is 2.16. The van der Waals surface area contributed by atoms with Gasteiger partial charge < -0.3 is 5.11 Å². The van der Waals surface area contributed by atoms with Gasteiger partial charge in [-0.2, -0.15) is 5.10 Å². The average Bonchev–Trinajstić information content (AvgIpc) is 3.07. The molecule has 0 radical (unpaired) electrons. The van der Waals surface area contributed by atoms with E-state index in [4.69, 9.17) is 5.11 Å². The standard InChI is InChI=1S/C17H22FN3OS.CH4O/c1-12(4-5-13(2)23-19-3)21-17(10-16(11-22)20-21)14-6-8-15(18)9-7-14;1-2/h6-13,19H,4-5H2,1-3H3;2H,1H3. The molecule has 0 saturated heterocycles. The van der Waals surface area contributed by atoms with Gasteiger partial charge >= 0.3 is 0 Å². The number of hydrogen-bond donors (Lipinski definition) is 2. The summed E-state index contributed by atoms with van der Waals surface area (Å²) in [6, 6.07) is 8.17. The number of aldehydes is 1. The van der Waals surface area contributed by atoms with Gasteiger partial charge in [-0.1, -0.05) is 18.9 Å². The van der Waals surface area contributed by atoms with E-state index in [2.05, 4.69) is 23.7 Å². The number of aromatic nitrogens is 2. The maximum absolute atomic E-state index is 13.1. The Morgan fingerprint density at radius 3 is 2.48 bits per heavy atom. The predicted octanol–water partition coefficient (Wildman–Crippen LogP) is 3.71. The Labute approximate surface area is 152 Å². The highest BCUT2D eigenvalue weighted by atomic mass is 32.2. The molecule has 0 fully saturated rings. The summed E-state index contributed by atoms with van der Waals surface area (Å²) in [5.41, 5.74) is 2.10. The Hall–Kier alpha value is -1.70. The average molecular weight is 367 g/mol. The first-order valence-electron chi connectivity index (χ1n) is 8.13. The fourth-order valence-electron chi connectivity index (χ4n) is 2.50. The second-order valence-electron chi connectivity index (χ2n) is 5.58. The number of hydrogen-bond acceptors (Lipinski definition) is 5. The molecule has 1 heterocycles. The maximum Gasteiger partial charge on any atom is 0.170 e. The molecule has 0 saturated carbocycles. The van der Waals surface area contributed by atoms with E-state index in [1.807, 2.05) is 11.7 Å². The zero-order valence-electron chi connectivity index (χ0n) is 15.1. The molecule has 1 aromatic heterocycles. The second kappa shape index (κ2) is 11.0. The highest BCUT2D eigenvalue weighted by molar-refractivity contribution is 7.97. The summed E-state index contributed by atoms with van der Waals surface area (Å²) in [6.07, 6.45) is 2.73. The monoisotopic (exact) mass is 367 g/mol. The molecule has 2 rings (SSSR count). The smallest absolute Gasteiger partial charge is 0.170 e. The van der Waals surface area contributed by atoms with Crippen LogP contribution in [0.3, 0.4) is 0 Å². The third kappa shape index (κ3) is 6.26. The van der Waals surface area contributed by atoms with Gasteiger partial charge in [-0.3, -0.25) is 14.2 Å². The third-order valence-corrected chi connectivity index (χ3v) is 4.62. The van der Waals surface area contributed by atoms with E-state index in [0.717, 1.165) is 37.5 Å². The molecule has 0 aliphatic rings. The molecule has 0 amide bonds. The molecule has 7 heteroatoms. The minimum atomic E-state index is -0.276. The highest BCUT2D eigenvalue weighted by Crippen LogP contribution is 2.27. The van der Waals surface area contributed by atoms with Crippen molar-refractivity contribution in [3.8, 4) is 11.3 Å². The van der Waals surface area contributed by atoms with Crippen LogP contribution in [0, 0.1) is 5.82 Å². The molecule has 2 unspecified atom stereocenters. The summed E-state index contributed by atoms with van der Waals surface area (Å²) < 4.78 is 18.1. The third-order valence-electron chi connectivity index (χ3n) is 3.74. The van der Waals surface area contributed by atoms with Crippen molar-refractivity contribution in [2.24, 2.45) is 0 Å². The van der Waals surface area contributed by atoms with E-state index in [9.17, 15) is 9.18 Å². The first kappa shape index (κ1) is 21.3. The van der Waals surface area contributed by atoms with Gasteiger partial charge in [-0.05, 0) is 57.1 Å². The van der Waals surface area contributed by atoms with E-state index in [1.54, 1.807) is 30.1 Å². The molecule has 0 aliphatic heterocycles. The minimum absolute atomic E-state index is 0.156. The molecule has 0 aliphatic carbocycles. The maximum atomic E-state index is 13.1. The number of halogens is 1. The van der Waals surface area contributed by atoms with E-state index < -0.39 is 0 Å². The van der Waals surface area contributed by atoms with Crippen LogP contribution in [0.2, 0.25) is 0 Å². The molecular formula is C18H26FN3O2S. The van der Waals surface area contributed by atoms with Crippen molar-refractivity contribution in [2.75, 3.05) is 14.2 Å². The van der Waals surface area contributed by atoms with E-state index in [0.29, 0.717) is 10.9 Å². The van der Waals surface area contributed by atoms with Crippen LogP contribution in [0.4, 0.5) is 4.39 Å². The normalized spacial score (nSPS) is 12.9. The summed E-state index contributed by atoms with van der Waals surface area (Å²) in [5, 5.41) is 11.9. The Kier molecular flexibility index (Phi) is 9.41. The number of carbonyl (C=O) groups is 1. The predicted molar refractivity (Wildman–Crippen MR) is 101 cm³/mol. The minimum Gasteiger partial charge on any atom is -0.400 e. The van der Waals surface area contributed by atoms with Gasteiger partial charge in [0, 0.05) is 24.0 Å². The van der Waals surface area contributed by atoms with Crippen LogP contribution in [0.25, 0.3) is 11.3 Å². The summed E-state index contributed by atoms with van der Waals surface area (Å²) in [4.78, 5) is 11.1. The van der Waals surface area contributed by atoms with Crippen LogP contribution in [-0.4, -0.2) is 40.6 Å². The Morgan fingerprint density at radius 1 is 1.28 bits per heavy atom. The van der Waals surface area contributed by atoms with E-state index >= 15 is 0 Å². The van der Waals surface area contributed by atoms with Gasteiger partial charge in [0.1, 0.15) is 11.5 Å². The van der Waals surface area contributed by atoms with Crippen LogP contribution in [-0.2, 0) is 0 Å². The number of rotatable bonds is 8. The zero-order chi connectivity index (χ0) is 18.8. The number of nitrogens with one attached hydrogen (secondary N) is 1. The summed E-state index contributed by atoms with van der Waals surface area (Å²) >= 11 is 1.70. The van der Waals surface area contributed by atoms with E-state index in [-0.39, 0.29) is 11.9 Å². The number of aliphatic hydroxyl groups is 1. The van der Waals surface area contributed by atoms with Gasteiger partial charge in [0.2, 0.25) is 0 Å². The van der Waals surface area contributed by atoms with Crippen LogP contribution in [0.15, 0.2) is 30.3 Å². The topological polar surface area (TPSA) is 67.2 Å². The largest absolute Gasteiger partial charge is 0.400 e. The summed E-state index contributed by atoms with van der Waals surface area (Å²) in [7, 11) is 2.92. The number of aliphatic hydroxyl groups excluding tert-OH is 1. The molecule has 25 heavy (non-hydrogen) atoms. The van der Waals surface area contributed by atoms with Crippen LogP contribution < -0.4 is 4.72 Å². The SMILES string of the molecule is CNSC(C)CCC(C)n1nc(C=O)cc1-c1ccc(F)cc1.CO. The van der Waals surface area contributed by atoms with Gasteiger partial charge in [-0.25, -0.2) is 4.39 Å². The summed E-state index contributed by atoms with van der Waals surface area (Å²) in [6.45, 7) is 4.26. The molecule has 5 nitrogen and oxygen atoms in total. The Bertz CT molecular complexity index is 646. The first-order chi connectivity index (χ1) is 12.0. The lowest BCUT2D eigenvalue weighted by atomic mass is 10.1. The number of nitrogens with zero attached hydrogens (tertiary/aromatic N) is 2. The lowest BCUT2D eigenvalue weighted by Gasteiger charge is -2.18. The molecule has 0 bridgehead atoms. The molecule has 2 aromatic rings. The number of benzene rings is 1. The van der Waals surface area contributed by atoms with Crippen molar-refractivity contribution in [2.45, 2.75) is 38.0 Å². The van der Waals surface area contributed by atoms with Crippen LogP contribution in [0.5, 0.6) is 0 Å². The zero-order valence-corrected chi connectivity index (χ0v) is 15.9. The lowest BCUT2D eigenvalue weighted by molar-refractivity contribution is 0.111. The molecular weight excluding hydrogens is 341 g/mol. The molecule has 2 atom stereocenters. The van der Waals surface area contributed by atoms with Crippen molar-refractivity contribution in [3.63, 3.8) is 0 Å². The van der Waals surface area contributed by atoms with Gasteiger partial charge in [-0.15, -0.1) is 0 Å². The van der Waals surface area contributed by atoms with Crippen LogP contribution in [0.1, 0.15) is 43.2 Å². The van der Waals surface area contributed by atoms with Gasteiger partial charge in [0.05, 0.1) is 5.69 Å². The van der Waals surface area contributed by atoms with E-state index in [1.165, 1.54) is 12.1 Å². The van der Waals surface area contributed by atoms with Crippen molar-refractivity contribution >= 4 is 18.2 Å². The number of carbonyl (C=O) groups excluding carboxylic acids is 1. The fourth-order valence-corrected chi connectivity index (χ4v) is 3.16. The fraction of sp³-hybridized carbons (Fsp3) is 0.444. The van der Waals surface area contributed by atoms with Crippen molar-refractivity contribution in [1.29, 1.82) is 0 Å². The molecule has 2 N–H and O–H groups in total. The first-order valence-corrected chi connectivity index (χ1v) is 9.01. The summed E-state index contributed by atoms with van der Waals surface area (Å²) in [5.74, 6) is -0.276. The molecule has 1 aromatic carbocycles. The second-order valence-corrected chi connectivity index (χ2v) is 7.03. The lowest BCUT2D eigenvalue weighted by Crippen LogP contribution is -2.12. The van der Waals surface area contributed by atoms with Crippen LogP contribution >= 0.6 is 11.9 Å². The van der Waals surface area contributed by atoms with Crippen molar-refractivity contribution in [3.05, 3.63) is 41.8 Å². The molecule has 0 spiro atoms. The van der Waals surface area contributed by atoms with Crippen molar-refractivity contribution < 1.29 is 14.3 Å². The van der Waals surface area contributed by atoms with Crippen molar-refractivity contribution in [1.82, 2.24) is 14.5 Å². The molecule has 138 valence electrons. The van der Waals surface area contributed by atoms with Gasteiger partial charge in [0.15, 0.2) is 6.29 Å².